The second-order valence-electron chi connectivity index (χ2n) is 3.11. The maximum atomic E-state index is 10.9. The zero-order valence-electron chi connectivity index (χ0n) is 9.72. The predicted octanol–water partition coefficient (Wildman–Crippen LogP) is 0.710. The zero-order valence-corrected chi connectivity index (χ0v) is 9.72. The van der Waals surface area contributed by atoms with Gasteiger partial charge in [-0.15, -0.1) is 0 Å². The molecule has 0 fully saturated rings. The van der Waals surface area contributed by atoms with Gasteiger partial charge in [0, 0.05) is 5.92 Å². The zero-order chi connectivity index (χ0) is 13.7. The van der Waals surface area contributed by atoms with Crippen LogP contribution < -0.4 is 10.5 Å². The van der Waals surface area contributed by atoms with Crippen LogP contribution in [0.1, 0.15) is 5.56 Å². The van der Waals surface area contributed by atoms with Crippen molar-refractivity contribution >= 4 is 17.3 Å². The molecule has 0 atom stereocenters. The van der Waals surface area contributed by atoms with E-state index in [2.05, 4.69) is 16.6 Å². The van der Waals surface area contributed by atoms with E-state index in [1.54, 1.807) is 0 Å². The summed E-state index contributed by atoms with van der Waals surface area (Å²) in [6, 6.07) is 2.58. The lowest BCUT2D eigenvalue weighted by Gasteiger charge is -2.04. The molecule has 0 amide bonds. The van der Waals surface area contributed by atoms with Crippen molar-refractivity contribution in [2.75, 3.05) is 20.0 Å². The number of methoxy groups -OCH3 is 2. The van der Waals surface area contributed by atoms with E-state index in [4.69, 9.17) is 10.5 Å². The van der Waals surface area contributed by atoms with Gasteiger partial charge in [0.2, 0.25) is 0 Å². The number of nitrogens with two attached hydrogens (primary N) is 1. The summed E-state index contributed by atoms with van der Waals surface area (Å²) in [6.45, 7) is 0. The van der Waals surface area contributed by atoms with Gasteiger partial charge in [-0.2, -0.15) is 0 Å². The first-order chi connectivity index (χ1) is 8.49. The molecular weight excluding hydrogens is 240 g/mol. The molecule has 18 heavy (non-hydrogen) atoms. The number of hydrogen-bond acceptors (Lipinski definition) is 6. The number of nitrogen functional groups attached to an aromatic ring is 1. The third-order valence-corrected chi connectivity index (χ3v) is 2.05. The van der Waals surface area contributed by atoms with Crippen LogP contribution in [-0.2, 0) is 9.53 Å². The van der Waals surface area contributed by atoms with Crippen molar-refractivity contribution in [2.45, 2.75) is 0 Å². The second kappa shape index (κ2) is 5.54. The first kappa shape index (κ1) is 13.3. The van der Waals surface area contributed by atoms with Crippen LogP contribution >= 0.6 is 0 Å². The van der Waals surface area contributed by atoms with Gasteiger partial charge in [-0.05, 0) is 6.07 Å². The van der Waals surface area contributed by atoms with Crippen molar-refractivity contribution in [2.24, 2.45) is 0 Å². The standard InChI is InChI=1S/C11H10N2O5/c1-17-8-5-7(3-4-10(14)18-2)11(12)9(6-8)13(15)16/h5-6H,12H2,1-2H3. The minimum Gasteiger partial charge on any atom is -0.496 e. The van der Waals surface area contributed by atoms with Crippen molar-refractivity contribution in [3.63, 3.8) is 0 Å². The molecule has 7 nitrogen and oxygen atoms in total. The monoisotopic (exact) mass is 250 g/mol. The van der Waals surface area contributed by atoms with Crippen LogP contribution in [0, 0.1) is 22.0 Å². The van der Waals surface area contributed by atoms with Crippen molar-refractivity contribution in [1.29, 1.82) is 0 Å². The fourth-order valence-corrected chi connectivity index (χ4v) is 1.15. The summed E-state index contributed by atoms with van der Waals surface area (Å²) in [6.07, 6.45) is 0. The average Bonchev–Trinajstić information content (AvgIpc) is 2.36. The molecule has 1 aromatic rings. The highest BCUT2D eigenvalue weighted by Gasteiger charge is 2.16. The number of nitrogens with zero attached hydrogens (tertiary/aromatic N) is 1. The third-order valence-electron chi connectivity index (χ3n) is 2.05. The van der Waals surface area contributed by atoms with E-state index in [1.165, 1.54) is 26.4 Å². The molecule has 94 valence electrons. The molecule has 0 aliphatic rings. The van der Waals surface area contributed by atoms with Gasteiger partial charge in [-0.3, -0.25) is 10.1 Å². The largest absolute Gasteiger partial charge is 0.496 e. The van der Waals surface area contributed by atoms with E-state index in [-0.39, 0.29) is 22.7 Å². The lowest BCUT2D eigenvalue weighted by molar-refractivity contribution is -0.384. The Morgan fingerprint density at radius 1 is 1.44 bits per heavy atom. The number of hydrogen-bond donors (Lipinski definition) is 1. The third kappa shape index (κ3) is 2.89. The molecule has 0 radical (unpaired) electrons. The van der Waals surface area contributed by atoms with E-state index in [0.717, 1.165) is 0 Å². The van der Waals surface area contributed by atoms with Crippen LogP contribution in [0.15, 0.2) is 12.1 Å². The Morgan fingerprint density at radius 2 is 2.11 bits per heavy atom. The average molecular weight is 250 g/mol. The van der Waals surface area contributed by atoms with Crippen LogP contribution in [0.2, 0.25) is 0 Å². The van der Waals surface area contributed by atoms with E-state index >= 15 is 0 Å². The van der Waals surface area contributed by atoms with Crippen LogP contribution in [0.4, 0.5) is 11.4 Å². The van der Waals surface area contributed by atoms with Gasteiger partial charge in [0.25, 0.3) is 5.69 Å². The van der Waals surface area contributed by atoms with Gasteiger partial charge >= 0.3 is 5.97 Å². The summed E-state index contributed by atoms with van der Waals surface area (Å²) in [5.74, 6) is 4.00. The SMILES string of the molecule is COC(=O)C#Cc1cc(OC)cc([N+](=O)[O-])c1N. The molecule has 0 bridgehead atoms. The normalized spacial score (nSPS) is 9.00. The Morgan fingerprint density at radius 3 is 2.61 bits per heavy atom. The van der Waals surface area contributed by atoms with Crippen molar-refractivity contribution in [3.8, 4) is 17.6 Å². The molecule has 0 saturated carbocycles. The minimum atomic E-state index is -0.764. The predicted molar refractivity (Wildman–Crippen MR) is 63.0 cm³/mol. The second-order valence-corrected chi connectivity index (χ2v) is 3.11. The van der Waals surface area contributed by atoms with E-state index in [1.807, 2.05) is 0 Å². The molecule has 0 unspecified atom stereocenters. The number of rotatable bonds is 2. The van der Waals surface area contributed by atoms with Gasteiger partial charge in [-0.1, -0.05) is 5.92 Å². The highest BCUT2D eigenvalue weighted by atomic mass is 16.6. The lowest BCUT2D eigenvalue weighted by Crippen LogP contribution is -2.00. The fraction of sp³-hybridized carbons (Fsp3) is 0.182. The molecule has 0 spiro atoms. The number of benzene rings is 1. The summed E-state index contributed by atoms with van der Waals surface area (Å²) in [4.78, 5) is 21.0. The van der Waals surface area contributed by atoms with Gasteiger partial charge in [0.15, 0.2) is 0 Å². The van der Waals surface area contributed by atoms with Crippen molar-refractivity contribution in [1.82, 2.24) is 0 Å². The van der Waals surface area contributed by atoms with Crippen LogP contribution in [0.25, 0.3) is 0 Å². The molecule has 0 aliphatic carbocycles. The fourth-order valence-electron chi connectivity index (χ4n) is 1.15. The van der Waals surface area contributed by atoms with Gasteiger partial charge in [-0.25, -0.2) is 4.79 Å². The Bertz CT molecular complexity index is 557. The first-order valence-electron chi connectivity index (χ1n) is 4.71. The van der Waals surface area contributed by atoms with Gasteiger partial charge in [0.1, 0.15) is 11.4 Å². The number of esters is 1. The number of ether oxygens (including phenoxy) is 2. The summed E-state index contributed by atoms with van der Waals surface area (Å²) in [7, 11) is 2.53. The number of nitro groups is 1. The van der Waals surface area contributed by atoms with Crippen LogP contribution in [0.3, 0.4) is 0 Å². The highest BCUT2D eigenvalue weighted by Crippen LogP contribution is 2.30. The van der Waals surface area contributed by atoms with Crippen molar-refractivity contribution < 1.29 is 19.2 Å². The summed E-state index contributed by atoms with van der Waals surface area (Å²) in [5.41, 5.74) is 5.26. The van der Waals surface area contributed by atoms with E-state index in [0.29, 0.717) is 0 Å². The molecule has 0 saturated heterocycles. The quantitative estimate of drug-likeness (QED) is 0.272. The number of carbonyl (C=O) groups excluding carboxylic acids is 1. The van der Waals surface area contributed by atoms with Crippen LogP contribution in [0.5, 0.6) is 5.75 Å². The maximum absolute atomic E-state index is 10.9. The highest BCUT2D eigenvalue weighted by molar-refractivity contribution is 5.89. The topological polar surface area (TPSA) is 105 Å². The summed E-state index contributed by atoms with van der Waals surface area (Å²) >= 11 is 0. The lowest BCUT2D eigenvalue weighted by atomic mass is 10.1. The van der Waals surface area contributed by atoms with E-state index in [9.17, 15) is 14.9 Å². The molecule has 0 aliphatic heterocycles. The Balaban J connectivity index is 3.33. The number of anilines is 1. The molecule has 7 heteroatoms. The molecule has 1 aromatic carbocycles. The van der Waals surface area contributed by atoms with Crippen molar-refractivity contribution in [3.05, 3.63) is 27.8 Å². The summed E-state index contributed by atoms with van der Waals surface area (Å²) in [5, 5.41) is 10.8. The summed E-state index contributed by atoms with van der Waals surface area (Å²) < 4.78 is 9.22. The first-order valence-corrected chi connectivity index (χ1v) is 4.71. The molecular formula is C11H10N2O5. The van der Waals surface area contributed by atoms with E-state index < -0.39 is 10.9 Å². The number of nitro benzene ring substituents is 1. The molecule has 1 rings (SSSR count). The Kier molecular flexibility index (Phi) is 4.10. The molecule has 0 heterocycles. The van der Waals surface area contributed by atoms with Gasteiger partial charge < -0.3 is 15.2 Å². The number of carbonyl (C=O) groups is 1. The van der Waals surface area contributed by atoms with Crippen LogP contribution in [-0.4, -0.2) is 25.1 Å². The molecule has 0 aromatic heterocycles. The minimum absolute atomic E-state index is 0.128. The molecule has 2 N–H and O–H groups in total. The Hall–Kier alpha value is -2.75. The van der Waals surface area contributed by atoms with Gasteiger partial charge in [0.05, 0.1) is 30.8 Å². The smallest absolute Gasteiger partial charge is 0.384 e. The Labute approximate surface area is 103 Å². The maximum Gasteiger partial charge on any atom is 0.384 e.